The Bertz CT molecular complexity index is 951. The Morgan fingerprint density at radius 3 is 2.54 bits per heavy atom. The van der Waals surface area contributed by atoms with Gasteiger partial charge in [0.15, 0.2) is 6.23 Å². The first-order chi connectivity index (χ1) is 12.8. The Morgan fingerprint density at radius 1 is 0.962 bits per heavy atom. The SMILES string of the molecule is COc1cccc(N/C(=C2/c3ccccc3NC2O)c2ccccc2)c1. The lowest BCUT2D eigenvalue weighted by atomic mass is 9.99. The monoisotopic (exact) mass is 344 g/mol. The van der Waals surface area contributed by atoms with Crippen molar-refractivity contribution < 1.29 is 9.84 Å². The fraction of sp³-hybridized carbons (Fsp3) is 0.0909. The number of methoxy groups -OCH3 is 1. The number of benzene rings is 3. The molecule has 130 valence electrons. The summed E-state index contributed by atoms with van der Waals surface area (Å²) in [6, 6.07) is 25.7. The number of hydrogen-bond donors (Lipinski definition) is 3. The zero-order valence-corrected chi connectivity index (χ0v) is 14.4. The average molecular weight is 344 g/mol. The van der Waals surface area contributed by atoms with Gasteiger partial charge < -0.3 is 20.5 Å². The second kappa shape index (κ2) is 6.94. The van der Waals surface area contributed by atoms with Crippen molar-refractivity contribution in [2.75, 3.05) is 17.7 Å². The van der Waals surface area contributed by atoms with Gasteiger partial charge in [-0.25, -0.2) is 0 Å². The number of anilines is 2. The van der Waals surface area contributed by atoms with Gasteiger partial charge in [0.25, 0.3) is 0 Å². The van der Waals surface area contributed by atoms with E-state index < -0.39 is 6.23 Å². The first kappa shape index (κ1) is 16.2. The Kier molecular flexibility index (Phi) is 4.33. The molecule has 3 aromatic rings. The molecule has 1 unspecified atom stereocenters. The average Bonchev–Trinajstić information content (AvgIpc) is 3.02. The van der Waals surface area contributed by atoms with Crippen molar-refractivity contribution in [2.45, 2.75) is 6.23 Å². The molecule has 3 aromatic carbocycles. The van der Waals surface area contributed by atoms with Crippen LogP contribution in [0.3, 0.4) is 0 Å². The summed E-state index contributed by atoms with van der Waals surface area (Å²) in [5.41, 5.74) is 5.51. The van der Waals surface area contributed by atoms with Crippen LogP contribution in [0.1, 0.15) is 11.1 Å². The van der Waals surface area contributed by atoms with Crippen molar-refractivity contribution in [3.05, 3.63) is 90.0 Å². The van der Waals surface area contributed by atoms with Crippen molar-refractivity contribution in [1.82, 2.24) is 0 Å². The molecule has 1 aliphatic rings. The van der Waals surface area contributed by atoms with Gasteiger partial charge >= 0.3 is 0 Å². The molecule has 0 spiro atoms. The molecule has 0 aromatic heterocycles. The Morgan fingerprint density at radius 2 is 1.73 bits per heavy atom. The second-order valence-corrected chi connectivity index (χ2v) is 6.10. The largest absolute Gasteiger partial charge is 0.497 e. The third-order valence-electron chi connectivity index (χ3n) is 4.45. The lowest BCUT2D eigenvalue weighted by Gasteiger charge is -2.18. The second-order valence-electron chi connectivity index (χ2n) is 6.10. The van der Waals surface area contributed by atoms with Crippen LogP contribution in [0.25, 0.3) is 11.3 Å². The number of hydrogen-bond acceptors (Lipinski definition) is 4. The van der Waals surface area contributed by atoms with E-state index in [9.17, 15) is 5.11 Å². The molecule has 0 fully saturated rings. The minimum atomic E-state index is -0.777. The maximum absolute atomic E-state index is 10.7. The van der Waals surface area contributed by atoms with Crippen LogP contribution in [-0.2, 0) is 0 Å². The van der Waals surface area contributed by atoms with Gasteiger partial charge in [-0.1, -0.05) is 54.6 Å². The fourth-order valence-electron chi connectivity index (χ4n) is 3.23. The van der Waals surface area contributed by atoms with Gasteiger partial charge in [-0.05, 0) is 23.8 Å². The molecule has 0 amide bonds. The van der Waals surface area contributed by atoms with Crippen LogP contribution >= 0.6 is 0 Å². The van der Waals surface area contributed by atoms with Crippen molar-refractivity contribution in [3.8, 4) is 5.75 Å². The molecule has 4 nitrogen and oxygen atoms in total. The van der Waals surface area contributed by atoms with Crippen LogP contribution in [0.4, 0.5) is 11.4 Å². The van der Waals surface area contributed by atoms with E-state index in [0.29, 0.717) is 0 Å². The van der Waals surface area contributed by atoms with Gasteiger partial charge in [-0.2, -0.15) is 0 Å². The predicted octanol–water partition coefficient (Wildman–Crippen LogP) is 4.42. The van der Waals surface area contributed by atoms with E-state index >= 15 is 0 Å². The third kappa shape index (κ3) is 3.03. The smallest absolute Gasteiger partial charge is 0.153 e. The molecule has 0 saturated carbocycles. The van der Waals surface area contributed by atoms with Gasteiger partial charge in [-0.3, -0.25) is 0 Å². The number of aliphatic hydroxyl groups is 1. The highest BCUT2D eigenvalue weighted by Gasteiger charge is 2.28. The van der Waals surface area contributed by atoms with Crippen LogP contribution in [-0.4, -0.2) is 18.4 Å². The highest BCUT2D eigenvalue weighted by molar-refractivity contribution is 6.03. The van der Waals surface area contributed by atoms with Crippen molar-refractivity contribution in [3.63, 3.8) is 0 Å². The number of ether oxygens (including phenoxy) is 1. The maximum atomic E-state index is 10.7. The first-order valence-electron chi connectivity index (χ1n) is 8.51. The van der Waals surface area contributed by atoms with Crippen LogP contribution in [0.2, 0.25) is 0 Å². The summed E-state index contributed by atoms with van der Waals surface area (Å²) in [6.07, 6.45) is -0.777. The Balaban J connectivity index is 1.87. The van der Waals surface area contributed by atoms with Gasteiger partial charge in [-0.15, -0.1) is 0 Å². The Hall–Kier alpha value is -3.24. The Labute approximate surface area is 152 Å². The van der Waals surface area contributed by atoms with E-state index in [1.54, 1.807) is 7.11 Å². The van der Waals surface area contributed by atoms with E-state index in [2.05, 4.69) is 10.6 Å². The molecular weight excluding hydrogens is 324 g/mol. The van der Waals surface area contributed by atoms with E-state index in [4.69, 9.17) is 4.74 Å². The minimum Gasteiger partial charge on any atom is -0.497 e. The molecular formula is C22H20N2O2. The number of fused-ring (bicyclic) bond motifs is 1. The normalized spacial score (nSPS) is 17.2. The first-order valence-corrected chi connectivity index (χ1v) is 8.51. The van der Waals surface area contributed by atoms with Crippen molar-refractivity contribution >= 4 is 22.6 Å². The maximum Gasteiger partial charge on any atom is 0.153 e. The molecule has 26 heavy (non-hydrogen) atoms. The van der Waals surface area contributed by atoms with E-state index in [1.165, 1.54) is 0 Å². The minimum absolute atomic E-state index is 0.776. The van der Waals surface area contributed by atoms with E-state index in [-0.39, 0.29) is 0 Å². The van der Waals surface area contributed by atoms with Crippen LogP contribution in [0.5, 0.6) is 5.75 Å². The predicted molar refractivity (Wildman–Crippen MR) is 106 cm³/mol. The summed E-state index contributed by atoms with van der Waals surface area (Å²) in [7, 11) is 1.65. The lowest BCUT2D eigenvalue weighted by Crippen LogP contribution is -2.16. The standard InChI is InChI=1S/C22H20N2O2/c1-26-17-11-7-10-16(14-17)23-21(15-8-3-2-4-9-15)20-18-12-5-6-13-19(18)24-22(20)25/h2-14,22-25H,1H3/b21-20-. The number of rotatable bonds is 4. The molecule has 3 N–H and O–H groups in total. The summed E-state index contributed by atoms with van der Waals surface area (Å²) in [5.74, 6) is 0.776. The zero-order chi connectivity index (χ0) is 17.9. The quantitative estimate of drug-likeness (QED) is 0.656. The van der Waals surface area contributed by atoms with Gasteiger partial charge in [0.05, 0.1) is 12.8 Å². The number of nitrogens with one attached hydrogen (secondary N) is 2. The number of para-hydroxylation sites is 1. The van der Waals surface area contributed by atoms with Crippen molar-refractivity contribution in [2.24, 2.45) is 0 Å². The number of aliphatic hydroxyl groups excluding tert-OH is 1. The van der Waals surface area contributed by atoms with Crippen LogP contribution in [0.15, 0.2) is 78.9 Å². The summed E-state index contributed by atoms with van der Waals surface area (Å²) < 4.78 is 5.33. The van der Waals surface area contributed by atoms with Gasteiger partial charge in [0.2, 0.25) is 0 Å². The molecule has 4 heteroatoms. The molecule has 1 aliphatic heterocycles. The summed E-state index contributed by atoms with van der Waals surface area (Å²) in [6.45, 7) is 0. The highest BCUT2D eigenvalue weighted by atomic mass is 16.5. The van der Waals surface area contributed by atoms with Gasteiger partial charge in [0, 0.05) is 28.6 Å². The summed E-state index contributed by atoms with van der Waals surface area (Å²) in [4.78, 5) is 0. The molecule has 0 saturated heterocycles. The van der Waals surface area contributed by atoms with E-state index in [1.807, 2.05) is 78.9 Å². The molecule has 0 aliphatic carbocycles. The lowest BCUT2D eigenvalue weighted by molar-refractivity contribution is 0.266. The summed E-state index contributed by atoms with van der Waals surface area (Å²) >= 11 is 0. The van der Waals surface area contributed by atoms with Gasteiger partial charge in [0.1, 0.15) is 5.75 Å². The topological polar surface area (TPSA) is 53.5 Å². The molecule has 0 radical (unpaired) electrons. The third-order valence-corrected chi connectivity index (χ3v) is 4.45. The summed E-state index contributed by atoms with van der Waals surface area (Å²) in [5, 5.41) is 17.3. The van der Waals surface area contributed by atoms with Crippen LogP contribution < -0.4 is 15.4 Å². The molecule has 0 bridgehead atoms. The zero-order valence-electron chi connectivity index (χ0n) is 14.4. The highest BCUT2D eigenvalue weighted by Crippen LogP contribution is 2.39. The fourth-order valence-corrected chi connectivity index (χ4v) is 3.23. The molecule has 1 atom stereocenters. The molecule has 4 rings (SSSR count). The van der Waals surface area contributed by atoms with E-state index in [0.717, 1.165) is 39.5 Å². The van der Waals surface area contributed by atoms with Crippen LogP contribution in [0, 0.1) is 0 Å². The van der Waals surface area contributed by atoms with Crippen molar-refractivity contribution in [1.29, 1.82) is 0 Å². The molecule has 1 heterocycles.